The SMILES string of the molecule is Oc1ccccc1C=N[n+]1ccccc1-c1ccccc1.[O-][Cl+3]([O-])([O-])[O-]. The molecule has 2 aromatic carbocycles. The molecule has 0 aliphatic carbocycles. The molecule has 3 aromatic rings. The zero-order chi connectivity index (χ0) is 19.0. The number of hydrogen-bond acceptors (Lipinski definition) is 6. The molecule has 0 saturated heterocycles. The molecule has 1 aromatic heterocycles. The lowest BCUT2D eigenvalue weighted by Crippen LogP contribution is -2.68. The van der Waals surface area contributed by atoms with Crippen molar-refractivity contribution in [2.75, 3.05) is 0 Å². The van der Waals surface area contributed by atoms with E-state index in [1.807, 2.05) is 66.9 Å². The number of hydrogen-bond donors (Lipinski definition) is 1. The quantitative estimate of drug-likeness (QED) is 0.439. The predicted molar refractivity (Wildman–Crippen MR) is 83.2 cm³/mol. The summed E-state index contributed by atoms with van der Waals surface area (Å²) in [6, 6.07) is 23.1. The fraction of sp³-hybridized carbons (Fsp3) is 0. The van der Waals surface area contributed by atoms with Crippen LogP contribution < -0.4 is 23.3 Å². The van der Waals surface area contributed by atoms with Crippen molar-refractivity contribution in [1.82, 2.24) is 0 Å². The smallest absolute Gasteiger partial charge is 0.245 e. The molecule has 0 unspecified atom stereocenters. The van der Waals surface area contributed by atoms with E-state index in [2.05, 4.69) is 5.10 Å². The minimum absolute atomic E-state index is 0.221. The van der Waals surface area contributed by atoms with E-state index in [4.69, 9.17) is 18.6 Å². The van der Waals surface area contributed by atoms with Gasteiger partial charge in [-0.1, -0.05) is 35.0 Å². The molecule has 134 valence electrons. The van der Waals surface area contributed by atoms with Gasteiger partial charge in [0, 0.05) is 23.3 Å². The van der Waals surface area contributed by atoms with Crippen LogP contribution >= 0.6 is 0 Å². The van der Waals surface area contributed by atoms with E-state index in [0.29, 0.717) is 5.56 Å². The van der Waals surface area contributed by atoms with Crippen LogP contribution in [0.1, 0.15) is 5.56 Å². The first kappa shape index (κ1) is 19.5. The van der Waals surface area contributed by atoms with Crippen molar-refractivity contribution in [2.45, 2.75) is 0 Å². The van der Waals surface area contributed by atoms with Crippen LogP contribution in [-0.4, -0.2) is 11.3 Å². The summed E-state index contributed by atoms with van der Waals surface area (Å²) in [7, 11) is -4.94. The first-order chi connectivity index (χ1) is 12.3. The molecule has 0 bridgehead atoms. The van der Waals surface area contributed by atoms with Crippen LogP contribution in [0.15, 0.2) is 84.1 Å². The molecule has 1 N–H and O–H groups in total. The highest BCUT2D eigenvalue weighted by Crippen LogP contribution is 2.15. The third kappa shape index (κ3) is 6.60. The second kappa shape index (κ2) is 9.04. The molecule has 0 fully saturated rings. The van der Waals surface area contributed by atoms with Gasteiger partial charge in [0.2, 0.25) is 11.9 Å². The van der Waals surface area contributed by atoms with Crippen LogP contribution in [0.2, 0.25) is 0 Å². The van der Waals surface area contributed by atoms with Crippen molar-refractivity contribution in [1.29, 1.82) is 0 Å². The fourth-order valence-corrected chi connectivity index (χ4v) is 2.09. The molecule has 0 radical (unpaired) electrons. The van der Waals surface area contributed by atoms with Crippen molar-refractivity contribution in [2.24, 2.45) is 5.10 Å². The molecule has 0 aliphatic rings. The van der Waals surface area contributed by atoms with Crippen molar-refractivity contribution in [3.63, 3.8) is 0 Å². The number of para-hydroxylation sites is 1. The van der Waals surface area contributed by atoms with Crippen LogP contribution in [0.3, 0.4) is 0 Å². The number of aromatic nitrogens is 1. The topological polar surface area (TPSA) is 129 Å². The lowest BCUT2D eigenvalue weighted by molar-refractivity contribution is -2.00. The van der Waals surface area contributed by atoms with E-state index in [9.17, 15) is 5.11 Å². The summed E-state index contributed by atoms with van der Waals surface area (Å²) in [6.07, 6.45) is 3.54. The Morgan fingerprint density at radius 2 is 1.38 bits per heavy atom. The summed E-state index contributed by atoms with van der Waals surface area (Å²) < 4.78 is 35.8. The molecule has 8 heteroatoms. The summed E-state index contributed by atoms with van der Waals surface area (Å²) in [5, 5.41) is 14.2. The van der Waals surface area contributed by atoms with Gasteiger partial charge in [-0.3, -0.25) is 0 Å². The van der Waals surface area contributed by atoms with Gasteiger partial charge in [0.05, 0.1) is 0 Å². The molecule has 0 spiro atoms. The molecule has 1 heterocycles. The van der Waals surface area contributed by atoms with E-state index in [1.54, 1.807) is 23.0 Å². The van der Waals surface area contributed by atoms with Crippen molar-refractivity contribution < 1.29 is 38.7 Å². The van der Waals surface area contributed by atoms with Crippen LogP contribution in [-0.2, 0) is 0 Å². The predicted octanol–water partition coefficient (Wildman–Crippen LogP) is -1.53. The highest BCUT2D eigenvalue weighted by molar-refractivity contribution is 5.82. The number of rotatable bonds is 3. The second-order valence-electron chi connectivity index (χ2n) is 4.98. The highest BCUT2D eigenvalue weighted by Gasteiger charge is 2.11. The maximum Gasteiger partial charge on any atom is 0.245 e. The van der Waals surface area contributed by atoms with Gasteiger partial charge < -0.3 is 5.11 Å². The van der Waals surface area contributed by atoms with Gasteiger partial charge in [-0.2, -0.15) is 0 Å². The second-order valence-corrected chi connectivity index (χ2v) is 5.73. The normalized spacial score (nSPS) is 11.1. The molecule has 7 nitrogen and oxygen atoms in total. The summed E-state index contributed by atoms with van der Waals surface area (Å²) in [5.41, 5.74) is 2.77. The molecule has 0 saturated carbocycles. The number of phenolic OH excluding ortho intramolecular Hbond substituents is 1. The minimum atomic E-state index is -4.94. The molecular formula is C18H15ClN2O5. The maximum atomic E-state index is 9.77. The van der Waals surface area contributed by atoms with E-state index in [-0.39, 0.29) is 5.75 Å². The zero-order valence-corrected chi connectivity index (χ0v) is 14.2. The Kier molecular flexibility index (Phi) is 6.79. The minimum Gasteiger partial charge on any atom is -0.507 e. The van der Waals surface area contributed by atoms with E-state index in [1.165, 1.54) is 0 Å². The van der Waals surface area contributed by atoms with Crippen LogP contribution in [0.4, 0.5) is 0 Å². The number of phenols is 1. The number of pyridine rings is 1. The van der Waals surface area contributed by atoms with Gasteiger partial charge in [0.1, 0.15) is 12.0 Å². The fourth-order valence-electron chi connectivity index (χ4n) is 2.09. The van der Waals surface area contributed by atoms with Gasteiger partial charge in [0.15, 0.2) is 0 Å². The third-order valence-electron chi connectivity index (χ3n) is 3.17. The molecule has 26 heavy (non-hydrogen) atoms. The van der Waals surface area contributed by atoms with Crippen molar-refractivity contribution in [3.05, 3.63) is 84.6 Å². The lowest BCUT2D eigenvalue weighted by Gasteiger charge is -2.17. The number of benzene rings is 2. The average molecular weight is 375 g/mol. The molecule has 0 atom stereocenters. The number of aromatic hydroxyl groups is 1. The summed E-state index contributed by atoms with van der Waals surface area (Å²) in [5.74, 6) is 0.221. The largest absolute Gasteiger partial charge is 0.507 e. The first-order valence-corrected chi connectivity index (χ1v) is 8.58. The summed E-state index contributed by atoms with van der Waals surface area (Å²) in [6.45, 7) is 0. The van der Waals surface area contributed by atoms with Gasteiger partial charge in [-0.15, -0.1) is 10.2 Å². The van der Waals surface area contributed by atoms with Gasteiger partial charge in [-0.05, 0) is 35.4 Å². The van der Waals surface area contributed by atoms with E-state index in [0.717, 1.165) is 11.3 Å². The molecule has 0 amide bonds. The Labute approximate surface area is 152 Å². The van der Waals surface area contributed by atoms with Gasteiger partial charge >= 0.3 is 0 Å². The zero-order valence-electron chi connectivity index (χ0n) is 13.4. The van der Waals surface area contributed by atoms with Crippen LogP contribution in [0.5, 0.6) is 5.75 Å². The van der Waals surface area contributed by atoms with E-state index >= 15 is 0 Å². The Bertz CT molecular complexity index is 861. The number of nitrogens with zero attached hydrogens (tertiary/aromatic N) is 2. The monoisotopic (exact) mass is 374 g/mol. The van der Waals surface area contributed by atoms with Crippen LogP contribution in [0, 0.1) is 10.2 Å². The molecule has 0 aliphatic heterocycles. The average Bonchev–Trinajstić information content (AvgIpc) is 2.61. The molecule has 3 rings (SSSR count). The Hall–Kier alpha value is -2.81. The Balaban J connectivity index is 0.000000431. The lowest BCUT2D eigenvalue weighted by atomic mass is 10.1. The van der Waals surface area contributed by atoms with Gasteiger partial charge in [-0.25, -0.2) is 18.6 Å². The molecular weight excluding hydrogens is 360 g/mol. The van der Waals surface area contributed by atoms with Crippen molar-refractivity contribution >= 4 is 6.21 Å². The first-order valence-electron chi connectivity index (χ1n) is 7.35. The standard InChI is InChI=1S/C18H14N2O.ClHO4/c21-18-12-5-4-10-16(18)14-19-20-13-7-6-11-17(20)15-8-2-1-3-9-15;2-1(3,4)5/h1-14H;(H,2,3,4,5). The third-order valence-corrected chi connectivity index (χ3v) is 3.17. The van der Waals surface area contributed by atoms with Crippen molar-refractivity contribution in [3.8, 4) is 17.0 Å². The number of halogens is 1. The maximum absolute atomic E-state index is 9.77. The Morgan fingerprint density at radius 1 is 0.808 bits per heavy atom. The Morgan fingerprint density at radius 3 is 2.04 bits per heavy atom. The van der Waals surface area contributed by atoms with Crippen LogP contribution in [0.25, 0.3) is 11.3 Å². The van der Waals surface area contributed by atoms with E-state index < -0.39 is 10.2 Å². The summed E-state index contributed by atoms with van der Waals surface area (Å²) >= 11 is 0. The summed E-state index contributed by atoms with van der Waals surface area (Å²) in [4.78, 5) is 0. The van der Waals surface area contributed by atoms with Gasteiger partial charge in [0.25, 0.3) is 0 Å². The highest BCUT2D eigenvalue weighted by atomic mass is 35.7.